The van der Waals surface area contributed by atoms with Gasteiger partial charge in [-0.15, -0.1) is 0 Å². The van der Waals surface area contributed by atoms with Gasteiger partial charge in [-0.25, -0.2) is 4.79 Å². The normalized spacial score (nSPS) is 20.9. The number of likely N-dealkylation sites (tertiary alicyclic amines) is 2. The Morgan fingerprint density at radius 2 is 1.80 bits per heavy atom. The van der Waals surface area contributed by atoms with Crippen LogP contribution in [0.1, 0.15) is 37.2 Å². The number of amides is 2. The monoisotopic (exact) mass is 340 g/mol. The van der Waals surface area contributed by atoms with Crippen LogP contribution in [0.5, 0.6) is 0 Å². The number of para-hydroxylation sites is 1. The summed E-state index contributed by atoms with van der Waals surface area (Å²) in [6.07, 6.45) is 6.37. The number of aromatic amines is 1. The molecule has 0 aliphatic carbocycles. The fraction of sp³-hybridized carbons (Fsp3) is 0.550. The molecule has 2 amide bonds. The van der Waals surface area contributed by atoms with Gasteiger partial charge in [-0.1, -0.05) is 18.2 Å². The highest BCUT2D eigenvalue weighted by Crippen LogP contribution is 2.33. The SMILES string of the molecule is CN1CCC(NC(=O)N2CCC(c3c[nH]c4ccccc34)CC2)CC1. The van der Waals surface area contributed by atoms with Gasteiger partial charge in [-0.3, -0.25) is 0 Å². The number of fused-ring (bicyclic) bond motifs is 1. The van der Waals surface area contributed by atoms with Gasteiger partial charge in [0.05, 0.1) is 0 Å². The Hall–Kier alpha value is -2.01. The molecule has 0 saturated carbocycles. The van der Waals surface area contributed by atoms with Gasteiger partial charge >= 0.3 is 6.03 Å². The number of carbonyl (C=O) groups excluding carboxylic acids is 1. The largest absolute Gasteiger partial charge is 0.361 e. The average molecular weight is 340 g/mol. The predicted octanol–water partition coefficient (Wildman–Crippen LogP) is 3.15. The fourth-order valence-electron chi connectivity index (χ4n) is 4.24. The number of nitrogens with zero attached hydrogens (tertiary/aromatic N) is 2. The van der Waals surface area contributed by atoms with Crippen molar-refractivity contribution in [2.75, 3.05) is 33.2 Å². The number of nitrogens with one attached hydrogen (secondary N) is 2. The van der Waals surface area contributed by atoms with E-state index in [1.165, 1.54) is 16.5 Å². The van der Waals surface area contributed by atoms with Crippen molar-refractivity contribution in [3.63, 3.8) is 0 Å². The number of urea groups is 1. The molecule has 0 unspecified atom stereocenters. The second kappa shape index (κ2) is 7.08. The molecule has 4 rings (SSSR count). The van der Waals surface area contributed by atoms with Crippen LogP contribution in [0, 0.1) is 0 Å². The minimum absolute atomic E-state index is 0.131. The number of rotatable bonds is 2. The van der Waals surface area contributed by atoms with Crippen LogP contribution in [0.15, 0.2) is 30.5 Å². The number of piperidine rings is 2. The van der Waals surface area contributed by atoms with Crippen molar-refractivity contribution in [2.24, 2.45) is 0 Å². The first-order valence-electron chi connectivity index (χ1n) is 9.50. The van der Waals surface area contributed by atoms with E-state index in [1.807, 2.05) is 4.90 Å². The van der Waals surface area contributed by atoms with Crippen molar-refractivity contribution < 1.29 is 4.79 Å². The summed E-state index contributed by atoms with van der Waals surface area (Å²) in [6.45, 7) is 3.85. The number of hydrogen-bond acceptors (Lipinski definition) is 2. The molecule has 2 N–H and O–H groups in total. The van der Waals surface area contributed by atoms with Crippen LogP contribution >= 0.6 is 0 Å². The fourth-order valence-corrected chi connectivity index (χ4v) is 4.24. The summed E-state index contributed by atoms with van der Waals surface area (Å²) in [5.74, 6) is 0.545. The van der Waals surface area contributed by atoms with E-state index in [9.17, 15) is 4.79 Å². The Bertz CT molecular complexity index is 724. The summed E-state index contributed by atoms with van der Waals surface area (Å²) < 4.78 is 0. The van der Waals surface area contributed by atoms with Gasteiger partial charge in [0.1, 0.15) is 0 Å². The van der Waals surface area contributed by atoms with Crippen LogP contribution < -0.4 is 5.32 Å². The molecule has 2 saturated heterocycles. The third-order valence-corrected chi connectivity index (χ3v) is 5.89. The zero-order chi connectivity index (χ0) is 17.2. The van der Waals surface area contributed by atoms with Gasteiger partial charge in [-0.2, -0.15) is 0 Å². The summed E-state index contributed by atoms with van der Waals surface area (Å²) >= 11 is 0. The number of H-pyrrole nitrogens is 1. The predicted molar refractivity (Wildman–Crippen MR) is 101 cm³/mol. The van der Waals surface area contributed by atoms with Crippen LogP contribution in [0.25, 0.3) is 10.9 Å². The molecular weight excluding hydrogens is 312 g/mol. The zero-order valence-corrected chi connectivity index (χ0v) is 15.0. The maximum absolute atomic E-state index is 12.5. The lowest BCUT2D eigenvalue weighted by molar-refractivity contribution is 0.168. The maximum atomic E-state index is 12.5. The van der Waals surface area contributed by atoms with Gasteiger partial charge in [0, 0.05) is 36.2 Å². The van der Waals surface area contributed by atoms with E-state index >= 15 is 0 Å². The van der Waals surface area contributed by atoms with E-state index in [4.69, 9.17) is 0 Å². The lowest BCUT2D eigenvalue weighted by atomic mass is 9.89. The highest BCUT2D eigenvalue weighted by atomic mass is 16.2. The van der Waals surface area contributed by atoms with Gasteiger partial charge < -0.3 is 20.1 Å². The topological polar surface area (TPSA) is 51.4 Å². The van der Waals surface area contributed by atoms with Crippen molar-refractivity contribution in [1.29, 1.82) is 0 Å². The van der Waals surface area contributed by atoms with Gasteiger partial charge in [0.2, 0.25) is 0 Å². The Labute approximate surface area is 149 Å². The second-order valence-electron chi connectivity index (χ2n) is 7.58. The van der Waals surface area contributed by atoms with E-state index in [1.54, 1.807) is 0 Å². The average Bonchev–Trinajstić information content (AvgIpc) is 3.08. The molecular formula is C20H28N4O. The molecule has 3 heterocycles. The molecule has 2 aliphatic rings. The molecule has 0 spiro atoms. The number of hydrogen-bond donors (Lipinski definition) is 2. The van der Waals surface area contributed by atoms with E-state index in [0.29, 0.717) is 12.0 Å². The van der Waals surface area contributed by atoms with Crippen molar-refractivity contribution in [3.8, 4) is 0 Å². The minimum Gasteiger partial charge on any atom is -0.361 e. The first-order chi connectivity index (χ1) is 12.2. The molecule has 25 heavy (non-hydrogen) atoms. The van der Waals surface area contributed by atoms with E-state index in [0.717, 1.165) is 51.9 Å². The summed E-state index contributed by atoms with van der Waals surface area (Å²) in [5.41, 5.74) is 2.62. The smallest absolute Gasteiger partial charge is 0.317 e. The second-order valence-corrected chi connectivity index (χ2v) is 7.58. The highest BCUT2D eigenvalue weighted by molar-refractivity contribution is 5.83. The number of benzene rings is 1. The number of aromatic nitrogens is 1. The molecule has 2 fully saturated rings. The summed E-state index contributed by atoms with van der Waals surface area (Å²) in [7, 11) is 2.15. The van der Waals surface area contributed by atoms with Crippen LogP contribution in [0.4, 0.5) is 4.79 Å². The Morgan fingerprint density at radius 1 is 1.08 bits per heavy atom. The Kier molecular flexibility index (Phi) is 4.66. The Morgan fingerprint density at radius 3 is 2.56 bits per heavy atom. The van der Waals surface area contributed by atoms with Crippen LogP contribution in [0.3, 0.4) is 0 Å². The molecule has 5 nitrogen and oxygen atoms in total. The quantitative estimate of drug-likeness (QED) is 0.882. The van der Waals surface area contributed by atoms with Crippen molar-refractivity contribution in [2.45, 2.75) is 37.6 Å². The molecule has 2 aromatic rings. The van der Waals surface area contributed by atoms with Crippen LogP contribution in [-0.2, 0) is 0 Å². The zero-order valence-electron chi connectivity index (χ0n) is 15.0. The molecule has 2 aliphatic heterocycles. The van der Waals surface area contributed by atoms with E-state index < -0.39 is 0 Å². The third-order valence-electron chi connectivity index (χ3n) is 5.89. The van der Waals surface area contributed by atoms with Gasteiger partial charge in [0.25, 0.3) is 0 Å². The van der Waals surface area contributed by atoms with E-state index in [2.05, 4.69) is 52.7 Å². The van der Waals surface area contributed by atoms with Crippen molar-refractivity contribution in [3.05, 3.63) is 36.0 Å². The lowest BCUT2D eigenvalue weighted by Gasteiger charge is -2.35. The molecule has 5 heteroatoms. The highest BCUT2D eigenvalue weighted by Gasteiger charge is 2.27. The first kappa shape index (κ1) is 16.5. The standard InChI is InChI=1S/C20H28N4O/c1-23-10-8-16(9-11-23)22-20(25)24-12-6-15(7-13-24)18-14-21-19-5-3-2-4-17(18)19/h2-5,14-16,21H,6-13H2,1H3,(H,22,25). The van der Waals surface area contributed by atoms with Crippen molar-refractivity contribution >= 4 is 16.9 Å². The first-order valence-corrected chi connectivity index (χ1v) is 9.50. The number of carbonyl (C=O) groups is 1. The van der Waals surface area contributed by atoms with Gasteiger partial charge in [0.15, 0.2) is 0 Å². The molecule has 0 atom stereocenters. The van der Waals surface area contributed by atoms with Crippen LogP contribution in [-0.4, -0.2) is 60.1 Å². The molecule has 0 radical (unpaired) electrons. The van der Waals surface area contributed by atoms with Crippen LogP contribution in [0.2, 0.25) is 0 Å². The lowest BCUT2D eigenvalue weighted by Crippen LogP contribution is -2.50. The van der Waals surface area contributed by atoms with E-state index in [-0.39, 0.29) is 6.03 Å². The molecule has 1 aromatic heterocycles. The minimum atomic E-state index is 0.131. The summed E-state index contributed by atoms with van der Waals surface area (Å²) in [5, 5.41) is 4.57. The molecule has 0 bridgehead atoms. The maximum Gasteiger partial charge on any atom is 0.317 e. The molecule has 1 aromatic carbocycles. The van der Waals surface area contributed by atoms with Gasteiger partial charge in [-0.05, 0) is 63.4 Å². The summed E-state index contributed by atoms with van der Waals surface area (Å²) in [6, 6.07) is 8.97. The summed E-state index contributed by atoms with van der Waals surface area (Å²) in [4.78, 5) is 20.3. The third kappa shape index (κ3) is 3.52. The van der Waals surface area contributed by atoms with Crippen molar-refractivity contribution in [1.82, 2.24) is 20.1 Å². The Balaban J connectivity index is 1.33. The molecule has 134 valence electrons.